The van der Waals surface area contributed by atoms with Gasteiger partial charge in [-0.25, -0.2) is 13.2 Å². The summed E-state index contributed by atoms with van der Waals surface area (Å²) in [4.78, 5) is 24.5. The molecule has 0 spiro atoms. The molecular formula is C20H21NO5S. The number of carbonyl (C=O) groups excluding carboxylic acids is 2. The number of Topliss-reactive ketones (excluding diaryl/α,β-unsaturated/α-hetero) is 1. The Kier molecular flexibility index (Phi) is 5.06. The molecule has 0 saturated heterocycles. The first-order valence-electron chi connectivity index (χ1n) is 8.55. The molecule has 142 valence electrons. The van der Waals surface area contributed by atoms with Gasteiger partial charge in [0, 0.05) is 12.1 Å². The Morgan fingerprint density at radius 1 is 1.04 bits per heavy atom. The molecule has 0 saturated carbocycles. The van der Waals surface area contributed by atoms with Gasteiger partial charge in [-0.15, -0.1) is 0 Å². The fourth-order valence-electron chi connectivity index (χ4n) is 3.06. The first kappa shape index (κ1) is 19.1. The fourth-order valence-corrected chi connectivity index (χ4v) is 4.01. The second kappa shape index (κ2) is 7.15. The lowest BCUT2D eigenvalue weighted by Gasteiger charge is -2.16. The molecule has 0 fully saturated rings. The maximum absolute atomic E-state index is 12.4. The van der Waals surface area contributed by atoms with E-state index in [0.29, 0.717) is 29.8 Å². The van der Waals surface area contributed by atoms with E-state index in [0.717, 1.165) is 22.9 Å². The van der Waals surface area contributed by atoms with E-state index in [2.05, 4.69) is 0 Å². The van der Waals surface area contributed by atoms with Crippen LogP contribution in [0.1, 0.15) is 37.4 Å². The van der Waals surface area contributed by atoms with Crippen molar-refractivity contribution in [3.05, 3.63) is 64.2 Å². The minimum atomic E-state index is -3.33. The number of aryl methyl sites for hydroxylation is 2. The second-order valence-corrected chi connectivity index (χ2v) is 8.63. The van der Waals surface area contributed by atoms with Crippen LogP contribution >= 0.6 is 0 Å². The highest BCUT2D eigenvalue weighted by molar-refractivity contribution is 7.92. The van der Waals surface area contributed by atoms with Gasteiger partial charge in [-0.05, 0) is 67.3 Å². The van der Waals surface area contributed by atoms with Gasteiger partial charge < -0.3 is 4.74 Å². The first-order valence-corrected chi connectivity index (χ1v) is 10.4. The van der Waals surface area contributed by atoms with Crippen molar-refractivity contribution in [2.75, 3.05) is 23.7 Å². The molecule has 0 bridgehead atoms. The minimum Gasteiger partial charge on any atom is -0.454 e. The topological polar surface area (TPSA) is 80.8 Å². The second-order valence-electron chi connectivity index (χ2n) is 6.73. The smallest absolute Gasteiger partial charge is 0.338 e. The molecule has 0 N–H and O–H groups in total. The molecule has 0 amide bonds. The Hall–Kier alpha value is -2.67. The van der Waals surface area contributed by atoms with Crippen LogP contribution in [0.15, 0.2) is 36.4 Å². The van der Waals surface area contributed by atoms with E-state index in [9.17, 15) is 18.0 Å². The number of hydrogen-bond acceptors (Lipinski definition) is 5. The van der Waals surface area contributed by atoms with Crippen molar-refractivity contribution in [2.45, 2.75) is 20.3 Å². The number of ether oxygens (including phenoxy) is 1. The van der Waals surface area contributed by atoms with E-state index in [4.69, 9.17) is 4.74 Å². The Labute approximate surface area is 158 Å². The average Bonchev–Trinajstić information content (AvgIpc) is 3.05. The van der Waals surface area contributed by atoms with Crippen molar-refractivity contribution in [1.82, 2.24) is 0 Å². The molecule has 2 aromatic rings. The van der Waals surface area contributed by atoms with E-state index in [-0.39, 0.29) is 12.4 Å². The van der Waals surface area contributed by atoms with E-state index in [1.54, 1.807) is 30.3 Å². The molecule has 2 aromatic carbocycles. The van der Waals surface area contributed by atoms with Gasteiger partial charge in [0.2, 0.25) is 10.0 Å². The number of hydrogen-bond donors (Lipinski definition) is 0. The molecule has 0 radical (unpaired) electrons. The number of esters is 1. The van der Waals surface area contributed by atoms with Crippen LogP contribution in [0.4, 0.5) is 5.69 Å². The Balaban J connectivity index is 1.68. The molecule has 0 atom stereocenters. The van der Waals surface area contributed by atoms with Gasteiger partial charge in [-0.1, -0.05) is 6.07 Å². The van der Waals surface area contributed by atoms with E-state index < -0.39 is 16.0 Å². The van der Waals surface area contributed by atoms with Gasteiger partial charge in [0.05, 0.1) is 17.5 Å². The molecule has 3 rings (SSSR count). The van der Waals surface area contributed by atoms with Gasteiger partial charge in [0.25, 0.3) is 0 Å². The number of fused-ring (bicyclic) bond motifs is 1. The van der Waals surface area contributed by atoms with E-state index >= 15 is 0 Å². The van der Waals surface area contributed by atoms with Crippen LogP contribution in [0.5, 0.6) is 0 Å². The lowest BCUT2D eigenvalue weighted by molar-refractivity contribution is 0.0474. The molecule has 27 heavy (non-hydrogen) atoms. The van der Waals surface area contributed by atoms with Gasteiger partial charge >= 0.3 is 5.97 Å². The molecule has 0 aromatic heterocycles. The van der Waals surface area contributed by atoms with Crippen LogP contribution in [0, 0.1) is 13.8 Å². The summed E-state index contributed by atoms with van der Waals surface area (Å²) in [6, 6.07) is 10.1. The molecule has 0 unspecified atom stereocenters. The zero-order valence-electron chi connectivity index (χ0n) is 15.5. The molecule has 1 heterocycles. The average molecular weight is 387 g/mol. The van der Waals surface area contributed by atoms with Crippen LogP contribution < -0.4 is 4.31 Å². The van der Waals surface area contributed by atoms with Gasteiger partial charge in [-0.3, -0.25) is 9.10 Å². The summed E-state index contributed by atoms with van der Waals surface area (Å²) >= 11 is 0. The summed E-state index contributed by atoms with van der Waals surface area (Å²) in [6.45, 7) is 3.86. The zero-order chi connectivity index (χ0) is 19.8. The monoisotopic (exact) mass is 387 g/mol. The summed E-state index contributed by atoms with van der Waals surface area (Å²) in [5.41, 5.74) is 4.25. The number of carbonyl (C=O) groups is 2. The third kappa shape index (κ3) is 4.03. The van der Waals surface area contributed by atoms with Crippen LogP contribution in [-0.4, -0.2) is 39.6 Å². The van der Waals surface area contributed by atoms with Crippen molar-refractivity contribution in [3.63, 3.8) is 0 Å². The highest BCUT2D eigenvalue weighted by Crippen LogP contribution is 2.30. The fraction of sp³-hybridized carbons (Fsp3) is 0.300. The number of anilines is 1. The van der Waals surface area contributed by atoms with Crippen molar-refractivity contribution in [1.29, 1.82) is 0 Å². The highest BCUT2D eigenvalue weighted by atomic mass is 32.2. The highest BCUT2D eigenvalue weighted by Gasteiger charge is 2.26. The minimum absolute atomic E-state index is 0.326. The Bertz CT molecular complexity index is 1030. The number of ketones is 1. The van der Waals surface area contributed by atoms with Crippen molar-refractivity contribution in [2.24, 2.45) is 0 Å². The van der Waals surface area contributed by atoms with Gasteiger partial charge in [0.15, 0.2) is 12.4 Å². The van der Waals surface area contributed by atoms with E-state index in [1.165, 1.54) is 4.31 Å². The quantitative estimate of drug-likeness (QED) is 0.582. The molecule has 1 aliphatic rings. The predicted octanol–water partition coefficient (Wildman–Crippen LogP) is 2.67. The van der Waals surface area contributed by atoms with Crippen LogP contribution in [-0.2, 0) is 21.2 Å². The summed E-state index contributed by atoms with van der Waals surface area (Å²) in [5, 5.41) is 0. The SMILES string of the molecule is Cc1ccc(C(=O)OCC(=O)c2ccc3c(c2)CCN3S(C)(=O)=O)cc1C. The standard InChI is InChI=1S/C20H21NO5S/c1-13-4-5-17(10-14(13)2)20(23)26-12-19(22)16-6-7-18-15(11-16)8-9-21(18)27(3,24)25/h4-7,10-11H,8-9,12H2,1-3H3. The van der Waals surface area contributed by atoms with Crippen LogP contribution in [0.3, 0.4) is 0 Å². The van der Waals surface area contributed by atoms with Crippen molar-refractivity contribution >= 4 is 27.5 Å². The largest absolute Gasteiger partial charge is 0.454 e. The maximum Gasteiger partial charge on any atom is 0.338 e. The molecule has 6 nitrogen and oxygen atoms in total. The predicted molar refractivity (Wildman–Crippen MR) is 103 cm³/mol. The number of nitrogens with zero attached hydrogens (tertiary/aromatic N) is 1. The maximum atomic E-state index is 12.4. The number of sulfonamides is 1. The van der Waals surface area contributed by atoms with Crippen molar-refractivity contribution < 1.29 is 22.7 Å². The van der Waals surface area contributed by atoms with E-state index in [1.807, 2.05) is 19.9 Å². The summed E-state index contributed by atoms with van der Waals surface area (Å²) in [7, 11) is -3.33. The number of rotatable bonds is 5. The molecular weight excluding hydrogens is 366 g/mol. The first-order chi connectivity index (χ1) is 12.7. The van der Waals surface area contributed by atoms with Crippen LogP contribution in [0.2, 0.25) is 0 Å². The third-order valence-corrected chi connectivity index (χ3v) is 5.91. The Morgan fingerprint density at radius 2 is 1.74 bits per heavy atom. The van der Waals surface area contributed by atoms with Gasteiger partial charge in [-0.2, -0.15) is 0 Å². The third-order valence-electron chi connectivity index (χ3n) is 4.73. The van der Waals surface area contributed by atoms with Crippen molar-refractivity contribution in [3.8, 4) is 0 Å². The summed E-state index contributed by atoms with van der Waals surface area (Å²) < 4.78 is 30.0. The lowest BCUT2D eigenvalue weighted by atomic mass is 10.1. The zero-order valence-corrected chi connectivity index (χ0v) is 16.3. The lowest BCUT2D eigenvalue weighted by Crippen LogP contribution is -2.27. The molecule has 0 aliphatic carbocycles. The molecule has 7 heteroatoms. The van der Waals surface area contributed by atoms with Gasteiger partial charge in [0.1, 0.15) is 0 Å². The summed E-state index contributed by atoms with van der Waals surface area (Å²) in [6.07, 6.45) is 1.71. The van der Waals surface area contributed by atoms with Crippen LogP contribution in [0.25, 0.3) is 0 Å². The molecule has 1 aliphatic heterocycles. The number of benzene rings is 2. The summed E-state index contributed by atoms with van der Waals surface area (Å²) in [5.74, 6) is -0.872. The Morgan fingerprint density at radius 3 is 2.41 bits per heavy atom. The normalized spacial score (nSPS) is 13.4.